The lowest BCUT2D eigenvalue weighted by Gasteiger charge is -2.35. The van der Waals surface area contributed by atoms with Crippen molar-refractivity contribution in [2.45, 2.75) is 18.9 Å². The van der Waals surface area contributed by atoms with Crippen LogP contribution in [0.4, 0.5) is 0 Å². The number of likely N-dealkylation sites (tertiary alicyclic amines) is 1. The molecular formula is C22H22N4O3S. The van der Waals surface area contributed by atoms with E-state index in [0.29, 0.717) is 34.5 Å². The minimum Gasteiger partial charge on any atom is -0.443 e. The molecule has 0 saturated carbocycles. The monoisotopic (exact) mass is 422 g/mol. The fourth-order valence-electron chi connectivity index (χ4n) is 3.92. The van der Waals surface area contributed by atoms with Gasteiger partial charge in [-0.05, 0) is 56.6 Å². The molecule has 0 unspecified atom stereocenters. The average Bonchev–Trinajstić information content (AvgIpc) is 3.52. The van der Waals surface area contributed by atoms with Gasteiger partial charge in [0.15, 0.2) is 5.58 Å². The van der Waals surface area contributed by atoms with Gasteiger partial charge in [0, 0.05) is 24.7 Å². The van der Waals surface area contributed by atoms with Gasteiger partial charge in [-0.25, -0.2) is 4.98 Å². The molecule has 0 radical (unpaired) electrons. The summed E-state index contributed by atoms with van der Waals surface area (Å²) in [7, 11) is 4.19. The Hall–Kier alpha value is -2.97. The lowest BCUT2D eigenvalue weighted by molar-refractivity contribution is 0.0663. The number of amides is 1. The molecule has 1 aliphatic heterocycles. The van der Waals surface area contributed by atoms with Gasteiger partial charge in [-0.15, -0.1) is 11.3 Å². The van der Waals surface area contributed by atoms with Crippen molar-refractivity contribution in [1.29, 1.82) is 0 Å². The first-order chi connectivity index (χ1) is 14.6. The zero-order valence-corrected chi connectivity index (χ0v) is 17.7. The quantitative estimate of drug-likeness (QED) is 0.486. The number of carbonyl (C=O) groups is 1. The van der Waals surface area contributed by atoms with E-state index in [2.05, 4.69) is 29.1 Å². The third-order valence-electron chi connectivity index (χ3n) is 5.68. The SMILES string of the molecule is CN(C)C1CCN(C(=O)c2ccc3onc(-c4coc(-c5cccs5)n4)c3c2)CC1. The fourth-order valence-corrected chi connectivity index (χ4v) is 4.58. The Morgan fingerprint density at radius 1 is 1.23 bits per heavy atom. The van der Waals surface area contributed by atoms with Gasteiger partial charge in [0.2, 0.25) is 5.89 Å². The molecule has 4 aromatic rings. The molecule has 5 rings (SSSR count). The Balaban J connectivity index is 1.42. The topological polar surface area (TPSA) is 75.6 Å². The van der Waals surface area contributed by atoms with Gasteiger partial charge in [0.05, 0.1) is 10.3 Å². The second kappa shape index (κ2) is 7.70. The number of piperidine rings is 1. The highest BCUT2D eigenvalue weighted by Crippen LogP contribution is 2.32. The van der Waals surface area contributed by atoms with E-state index in [0.717, 1.165) is 36.2 Å². The number of oxazole rings is 1. The molecule has 0 bridgehead atoms. The maximum absolute atomic E-state index is 13.1. The normalized spacial score (nSPS) is 15.4. The molecule has 1 aliphatic rings. The number of thiophene rings is 1. The molecule has 7 nitrogen and oxygen atoms in total. The third-order valence-corrected chi connectivity index (χ3v) is 6.54. The summed E-state index contributed by atoms with van der Waals surface area (Å²) in [5, 5.41) is 6.91. The van der Waals surface area contributed by atoms with Crippen molar-refractivity contribution in [2.75, 3.05) is 27.2 Å². The molecule has 0 N–H and O–H groups in total. The molecule has 3 aromatic heterocycles. The average molecular weight is 423 g/mol. The van der Waals surface area contributed by atoms with Crippen molar-refractivity contribution in [2.24, 2.45) is 0 Å². The van der Waals surface area contributed by atoms with Crippen LogP contribution >= 0.6 is 11.3 Å². The lowest BCUT2D eigenvalue weighted by atomic mass is 10.0. The maximum atomic E-state index is 13.1. The second-order valence-corrected chi connectivity index (χ2v) is 8.69. The van der Waals surface area contributed by atoms with E-state index in [-0.39, 0.29) is 5.91 Å². The first kappa shape index (κ1) is 19.0. The molecular weight excluding hydrogens is 400 g/mol. The first-order valence-corrected chi connectivity index (χ1v) is 10.8. The summed E-state index contributed by atoms with van der Waals surface area (Å²) in [6.07, 6.45) is 3.56. The first-order valence-electron chi connectivity index (χ1n) is 9.95. The summed E-state index contributed by atoms with van der Waals surface area (Å²) in [5.41, 5.74) is 2.43. The smallest absolute Gasteiger partial charge is 0.253 e. The zero-order valence-electron chi connectivity index (χ0n) is 16.9. The van der Waals surface area contributed by atoms with Crippen LogP contribution in [0.25, 0.3) is 33.1 Å². The van der Waals surface area contributed by atoms with Crippen molar-refractivity contribution < 1.29 is 13.7 Å². The van der Waals surface area contributed by atoms with Gasteiger partial charge in [-0.1, -0.05) is 11.2 Å². The van der Waals surface area contributed by atoms with Crippen molar-refractivity contribution in [1.82, 2.24) is 19.9 Å². The molecule has 1 fully saturated rings. The van der Waals surface area contributed by atoms with E-state index < -0.39 is 0 Å². The Kier molecular flexibility index (Phi) is 4.88. The van der Waals surface area contributed by atoms with E-state index in [9.17, 15) is 4.79 Å². The van der Waals surface area contributed by atoms with E-state index in [4.69, 9.17) is 8.94 Å². The Bertz CT molecular complexity index is 1170. The standard InChI is InChI=1S/C22H22N4O3S/c1-25(2)15-7-9-26(10-8-15)22(27)14-5-6-18-16(12-14)20(24-29-18)17-13-28-21(23-17)19-4-3-11-30-19/h3-6,11-13,15H,7-10H2,1-2H3. The predicted molar refractivity (Wildman–Crippen MR) is 115 cm³/mol. The molecule has 1 aromatic carbocycles. The van der Waals surface area contributed by atoms with Gasteiger partial charge in [0.25, 0.3) is 5.91 Å². The number of rotatable bonds is 4. The minimum absolute atomic E-state index is 0.0423. The van der Waals surface area contributed by atoms with Crippen LogP contribution in [0.3, 0.4) is 0 Å². The summed E-state index contributed by atoms with van der Waals surface area (Å²) in [6.45, 7) is 1.54. The highest BCUT2D eigenvalue weighted by atomic mass is 32.1. The van der Waals surface area contributed by atoms with Crippen LogP contribution in [0.1, 0.15) is 23.2 Å². The molecule has 0 spiro atoms. The summed E-state index contributed by atoms with van der Waals surface area (Å²) in [4.78, 5) is 22.7. The summed E-state index contributed by atoms with van der Waals surface area (Å²) < 4.78 is 11.1. The van der Waals surface area contributed by atoms with Crippen LogP contribution in [-0.2, 0) is 0 Å². The molecule has 8 heteroatoms. The number of aromatic nitrogens is 2. The summed E-state index contributed by atoms with van der Waals surface area (Å²) >= 11 is 1.56. The van der Waals surface area contributed by atoms with E-state index >= 15 is 0 Å². The van der Waals surface area contributed by atoms with Gasteiger partial charge in [-0.3, -0.25) is 4.79 Å². The van der Waals surface area contributed by atoms with Crippen LogP contribution < -0.4 is 0 Å². The van der Waals surface area contributed by atoms with E-state index in [1.54, 1.807) is 29.7 Å². The molecule has 1 amide bonds. The fraction of sp³-hybridized carbons (Fsp3) is 0.318. The summed E-state index contributed by atoms with van der Waals surface area (Å²) in [6, 6.07) is 9.89. The Labute approximate surface area is 177 Å². The van der Waals surface area contributed by atoms with Crippen LogP contribution in [0.5, 0.6) is 0 Å². The van der Waals surface area contributed by atoms with Crippen LogP contribution in [0.15, 0.2) is 50.9 Å². The lowest BCUT2D eigenvalue weighted by Crippen LogP contribution is -2.44. The number of fused-ring (bicyclic) bond motifs is 1. The van der Waals surface area contributed by atoms with Gasteiger partial charge in [0.1, 0.15) is 17.7 Å². The largest absolute Gasteiger partial charge is 0.443 e. The van der Waals surface area contributed by atoms with Crippen LogP contribution in [0.2, 0.25) is 0 Å². The molecule has 30 heavy (non-hydrogen) atoms. The second-order valence-electron chi connectivity index (χ2n) is 7.74. The predicted octanol–water partition coefficient (Wildman–Crippen LogP) is 4.38. The van der Waals surface area contributed by atoms with Gasteiger partial charge in [-0.2, -0.15) is 0 Å². The van der Waals surface area contributed by atoms with E-state index in [1.807, 2.05) is 28.5 Å². The van der Waals surface area contributed by atoms with Crippen molar-refractivity contribution in [3.05, 3.63) is 47.5 Å². The number of hydrogen-bond donors (Lipinski definition) is 0. The van der Waals surface area contributed by atoms with Crippen molar-refractivity contribution in [3.8, 4) is 22.2 Å². The van der Waals surface area contributed by atoms with Gasteiger partial charge >= 0.3 is 0 Å². The molecule has 1 saturated heterocycles. The minimum atomic E-state index is 0.0423. The molecule has 4 heterocycles. The number of nitrogens with zero attached hydrogens (tertiary/aromatic N) is 4. The third kappa shape index (κ3) is 3.42. The highest BCUT2D eigenvalue weighted by molar-refractivity contribution is 7.13. The Morgan fingerprint density at radius 3 is 2.80 bits per heavy atom. The van der Waals surface area contributed by atoms with E-state index in [1.165, 1.54) is 0 Å². The Morgan fingerprint density at radius 2 is 2.07 bits per heavy atom. The van der Waals surface area contributed by atoms with Crippen LogP contribution in [-0.4, -0.2) is 59.1 Å². The highest BCUT2D eigenvalue weighted by Gasteiger charge is 2.25. The van der Waals surface area contributed by atoms with Crippen molar-refractivity contribution >= 4 is 28.2 Å². The number of benzene rings is 1. The molecule has 0 atom stereocenters. The number of hydrogen-bond acceptors (Lipinski definition) is 7. The van der Waals surface area contributed by atoms with Gasteiger partial charge < -0.3 is 18.7 Å². The van der Waals surface area contributed by atoms with Crippen LogP contribution in [0, 0.1) is 0 Å². The molecule has 0 aliphatic carbocycles. The van der Waals surface area contributed by atoms with Crippen molar-refractivity contribution in [3.63, 3.8) is 0 Å². The maximum Gasteiger partial charge on any atom is 0.253 e. The molecule has 154 valence electrons. The summed E-state index contributed by atoms with van der Waals surface area (Å²) in [5.74, 6) is 0.591. The zero-order chi connectivity index (χ0) is 20.7. The number of carbonyl (C=O) groups excluding carboxylic acids is 1.